The molecule has 3 saturated heterocycles. The lowest BCUT2D eigenvalue weighted by atomic mass is 10.1. The van der Waals surface area contributed by atoms with Crippen molar-refractivity contribution in [2.24, 2.45) is 0 Å². The zero-order valence-corrected chi connectivity index (χ0v) is 24.3. The second-order valence-electron chi connectivity index (χ2n) is 12.1. The van der Waals surface area contributed by atoms with Gasteiger partial charge in [-0.1, -0.05) is 0 Å². The van der Waals surface area contributed by atoms with Crippen molar-refractivity contribution in [2.75, 3.05) is 65.4 Å². The first-order chi connectivity index (χ1) is 16.4. The Kier molecular flexibility index (Phi) is 12.8. The maximum atomic E-state index is 12.6. The third kappa shape index (κ3) is 11.3. The van der Waals surface area contributed by atoms with E-state index in [4.69, 9.17) is 0 Å². The molecular weight excluding hydrogens is 444 g/mol. The summed E-state index contributed by atoms with van der Waals surface area (Å²) in [6.45, 7) is 29.1. The molecule has 208 valence electrons. The number of piperazine rings is 2. The number of nitrogens with zero attached hydrogens (tertiary/aromatic N) is 5. The Balaban J connectivity index is 0.000000185. The zero-order valence-electron chi connectivity index (χ0n) is 24.3. The maximum absolute atomic E-state index is 12.6. The largest absolute Gasteiger partial charge is 0.300 e. The summed E-state index contributed by atoms with van der Waals surface area (Å²) in [4.78, 5) is 12.5. The standard InChI is InChI=1S/C10H20N2.C10H22N2.C8H15F2N/c1-9(2)11-5-7-12(8-6-11)10-3-4-10;1-9(2)11-5-7-12(8-6-11)10(3)4;1-7(2)11-5-3-8(9,10)4-6-11/h9-10H,3-8H2,1-2H3;9-10H,5-8H2,1-4H3;7H,3-6H2,1-2H3. The number of rotatable bonds is 5. The molecule has 4 fully saturated rings. The molecule has 4 aliphatic rings. The van der Waals surface area contributed by atoms with Gasteiger partial charge in [0, 0.05) is 108 Å². The van der Waals surface area contributed by atoms with Crippen LogP contribution in [-0.2, 0) is 0 Å². The van der Waals surface area contributed by atoms with Crippen molar-refractivity contribution < 1.29 is 8.78 Å². The Labute approximate surface area is 216 Å². The highest BCUT2D eigenvalue weighted by molar-refractivity contribution is 4.88. The summed E-state index contributed by atoms with van der Waals surface area (Å²) in [6, 6.07) is 3.57. The van der Waals surface area contributed by atoms with E-state index >= 15 is 0 Å². The number of piperidine rings is 1. The lowest BCUT2D eigenvalue weighted by Crippen LogP contribution is -2.50. The molecule has 7 heteroatoms. The number of alkyl halides is 2. The molecule has 0 aromatic rings. The van der Waals surface area contributed by atoms with Crippen molar-refractivity contribution in [3.05, 3.63) is 0 Å². The molecule has 0 N–H and O–H groups in total. The van der Waals surface area contributed by atoms with E-state index in [1.165, 1.54) is 65.2 Å². The molecule has 0 spiro atoms. The van der Waals surface area contributed by atoms with Gasteiger partial charge in [0.2, 0.25) is 0 Å². The number of halogens is 2. The molecule has 3 heterocycles. The Morgan fingerprint density at radius 3 is 1.06 bits per heavy atom. The molecule has 3 aliphatic heterocycles. The first kappa shape index (κ1) is 30.9. The minimum atomic E-state index is -2.40. The predicted molar refractivity (Wildman–Crippen MR) is 146 cm³/mol. The van der Waals surface area contributed by atoms with E-state index in [-0.39, 0.29) is 12.8 Å². The van der Waals surface area contributed by atoms with E-state index < -0.39 is 5.92 Å². The lowest BCUT2D eigenvalue weighted by Gasteiger charge is -2.38. The molecule has 1 aliphatic carbocycles. The van der Waals surface area contributed by atoms with E-state index in [1.807, 2.05) is 13.8 Å². The van der Waals surface area contributed by atoms with Gasteiger partial charge in [-0.15, -0.1) is 0 Å². The minimum Gasteiger partial charge on any atom is -0.300 e. The van der Waals surface area contributed by atoms with Crippen LogP contribution >= 0.6 is 0 Å². The molecule has 0 bridgehead atoms. The number of hydrogen-bond acceptors (Lipinski definition) is 5. The Bertz CT molecular complexity index is 499. The number of hydrogen-bond donors (Lipinski definition) is 0. The van der Waals surface area contributed by atoms with Gasteiger partial charge in [-0.2, -0.15) is 0 Å². The average molecular weight is 502 g/mol. The van der Waals surface area contributed by atoms with Crippen LogP contribution in [0.4, 0.5) is 8.78 Å². The maximum Gasteiger partial charge on any atom is 0.250 e. The molecule has 0 unspecified atom stereocenters. The predicted octanol–water partition coefficient (Wildman–Crippen LogP) is 4.72. The summed E-state index contributed by atoms with van der Waals surface area (Å²) in [5.41, 5.74) is 0. The van der Waals surface area contributed by atoms with Gasteiger partial charge in [0.05, 0.1) is 0 Å². The molecule has 0 amide bonds. The first-order valence-corrected chi connectivity index (χ1v) is 14.5. The van der Waals surface area contributed by atoms with Crippen LogP contribution in [0.15, 0.2) is 0 Å². The number of likely N-dealkylation sites (tertiary alicyclic amines) is 1. The monoisotopic (exact) mass is 501 g/mol. The Morgan fingerprint density at radius 2 is 0.771 bits per heavy atom. The van der Waals surface area contributed by atoms with Crippen molar-refractivity contribution in [1.82, 2.24) is 24.5 Å². The summed E-state index contributed by atoms with van der Waals surface area (Å²) < 4.78 is 25.2. The van der Waals surface area contributed by atoms with E-state index in [0.717, 1.165) is 24.2 Å². The van der Waals surface area contributed by atoms with E-state index in [2.05, 4.69) is 66.0 Å². The third-order valence-corrected chi connectivity index (χ3v) is 8.21. The van der Waals surface area contributed by atoms with Gasteiger partial charge in [0.1, 0.15) is 0 Å². The molecule has 0 atom stereocenters. The van der Waals surface area contributed by atoms with Crippen LogP contribution in [0.3, 0.4) is 0 Å². The van der Waals surface area contributed by atoms with Gasteiger partial charge in [-0.05, 0) is 68.2 Å². The molecule has 0 radical (unpaired) electrons. The van der Waals surface area contributed by atoms with Gasteiger partial charge < -0.3 is 4.90 Å². The summed E-state index contributed by atoms with van der Waals surface area (Å²) in [5, 5.41) is 0. The van der Waals surface area contributed by atoms with Crippen LogP contribution in [0.2, 0.25) is 0 Å². The first-order valence-electron chi connectivity index (χ1n) is 14.5. The smallest absolute Gasteiger partial charge is 0.250 e. The lowest BCUT2D eigenvalue weighted by molar-refractivity contribution is -0.0603. The fraction of sp³-hybridized carbons (Fsp3) is 1.00. The SMILES string of the molecule is CC(C)N1CCC(F)(F)CC1.CC(C)N1CCN(C(C)C)CC1.CC(C)N1CCN(C2CC2)CC1. The summed E-state index contributed by atoms with van der Waals surface area (Å²) in [7, 11) is 0. The summed E-state index contributed by atoms with van der Waals surface area (Å²) >= 11 is 0. The molecule has 5 nitrogen and oxygen atoms in total. The van der Waals surface area contributed by atoms with Crippen molar-refractivity contribution in [1.29, 1.82) is 0 Å². The van der Waals surface area contributed by atoms with Crippen molar-refractivity contribution in [3.63, 3.8) is 0 Å². The van der Waals surface area contributed by atoms with Crippen molar-refractivity contribution in [2.45, 2.75) is 117 Å². The molecule has 35 heavy (non-hydrogen) atoms. The fourth-order valence-corrected chi connectivity index (χ4v) is 5.20. The minimum absolute atomic E-state index is 0.0329. The Morgan fingerprint density at radius 1 is 0.486 bits per heavy atom. The third-order valence-electron chi connectivity index (χ3n) is 8.21. The average Bonchev–Trinajstić information content (AvgIpc) is 3.65. The summed E-state index contributed by atoms with van der Waals surface area (Å²) in [5.74, 6) is -2.40. The van der Waals surface area contributed by atoms with Gasteiger partial charge in [-0.3, -0.25) is 19.6 Å². The van der Waals surface area contributed by atoms with Crippen molar-refractivity contribution >= 4 is 0 Å². The zero-order chi connectivity index (χ0) is 26.2. The van der Waals surface area contributed by atoms with Crippen LogP contribution in [-0.4, -0.2) is 126 Å². The highest BCUT2D eigenvalue weighted by Gasteiger charge is 2.34. The van der Waals surface area contributed by atoms with E-state index in [9.17, 15) is 8.78 Å². The summed E-state index contributed by atoms with van der Waals surface area (Å²) in [6.07, 6.45) is 2.99. The highest BCUT2D eigenvalue weighted by Crippen LogP contribution is 2.28. The molecule has 4 rings (SSSR count). The molecule has 0 aromatic carbocycles. The van der Waals surface area contributed by atoms with Crippen LogP contribution in [0.25, 0.3) is 0 Å². The second-order valence-corrected chi connectivity index (χ2v) is 12.1. The Hall–Kier alpha value is -0.340. The van der Waals surface area contributed by atoms with Crippen LogP contribution in [0.5, 0.6) is 0 Å². The molecule has 1 saturated carbocycles. The molecular formula is C28H57F2N5. The highest BCUT2D eigenvalue weighted by atomic mass is 19.3. The van der Waals surface area contributed by atoms with Crippen molar-refractivity contribution in [3.8, 4) is 0 Å². The van der Waals surface area contributed by atoms with Crippen LogP contribution in [0, 0.1) is 0 Å². The molecule has 0 aromatic heterocycles. The second kappa shape index (κ2) is 14.6. The normalized spacial score (nSPS) is 25.5. The van der Waals surface area contributed by atoms with E-state index in [0.29, 0.717) is 19.1 Å². The van der Waals surface area contributed by atoms with E-state index in [1.54, 1.807) is 0 Å². The quantitative estimate of drug-likeness (QED) is 0.540. The van der Waals surface area contributed by atoms with Gasteiger partial charge >= 0.3 is 0 Å². The fourth-order valence-electron chi connectivity index (χ4n) is 5.20. The van der Waals surface area contributed by atoms with Crippen LogP contribution < -0.4 is 0 Å². The topological polar surface area (TPSA) is 16.2 Å². The van der Waals surface area contributed by atoms with Gasteiger partial charge in [0.25, 0.3) is 5.92 Å². The van der Waals surface area contributed by atoms with Crippen LogP contribution in [0.1, 0.15) is 81.1 Å². The van der Waals surface area contributed by atoms with Gasteiger partial charge in [-0.25, -0.2) is 8.78 Å². The van der Waals surface area contributed by atoms with Gasteiger partial charge in [0.15, 0.2) is 0 Å².